The molecule has 1 aromatic carbocycles. The zero-order chi connectivity index (χ0) is 13.9. The molecule has 0 fully saturated rings. The van der Waals surface area contributed by atoms with Gasteiger partial charge in [0.15, 0.2) is 0 Å². The minimum atomic E-state index is -1.31. The summed E-state index contributed by atoms with van der Waals surface area (Å²) in [5.74, 6) is -0.0878. The Morgan fingerprint density at radius 2 is 1.94 bits per heavy atom. The van der Waals surface area contributed by atoms with Crippen molar-refractivity contribution in [2.45, 2.75) is 45.3 Å². The summed E-state index contributed by atoms with van der Waals surface area (Å²) in [7, 11) is 0. The second kappa shape index (κ2) is 5.85. The van der Waals surface area contributed by atoms with Gasteiger partial charge in [-0.2, -0.15) is 0 Å². The van der Waals surface area contributed by atoms with Crippen molar-refractivity contribution < 1.29 is 8.94 Å². The minimum absolute atomic E-state index is 0.152. The highest BCUT2D eigenvalue weighted by atomic mass is 32.2. The van der Waals surface area contributed by atoms with Crippen LogP contribution >= 0.6 is 0 Å². The molecule has 1 rings (SSSR count). The Balaban J connectivity index is 2.87. The SMILES string of the molecule is CC(C)c1ccc(/C=N/[S@+]([O-])C(C)(C)C)cc1F. The first-order valence-corrected chi connectivity index (χ1v) is 7.08. The van der Waals surface area contributed by atoms with Crippen LogP contribution in [-0.4, -0.2) is 15.5 Å². The molecule has 0 saturated carbocycles. The van der Waals surface area contributed by atoms with Crippen molar-refractivity contribution in [1.82, 2.24) is 0 Å². The molecule has 2 nitrogen and oxygen atoms in total. The third-order valence-electron chi connectivity index (χ3n) is 2.47. The molecule has 0 amide bonds. The van der Waals surface area contributed by atoms with E-state index >= 15 is 0 Å². The molecule has 0 aromatic heterocycles. The van der Waals surface area contributed by atoms with E-state index in [0.29, 0.717) is 11.1 Å². The van der Waals surface area contributed by atoms with E-state index in [1.807, 2.05) is 34.6 Å². The number of rotatable bonds is 3. The lowest BCUT2D eigenvalue weighted by Crippen LogP contribution is -2.25. The van der Waals surface area contributed by atoms with Crippen LogP contribution in [0.15, 0.2) is 22.6 Å². The Hall–Kier alpha value is -0.870. The monoisotopic (exact) mass is 269 g/mol. The molecule has 0 unspecified atom stereocenters. The van der Waals surface area contributed by atoms with Gasteiger partial charge in [0.25, 0.3) is 0 Å². The second-order valence-corrected chi connectivity index (χ2v) is 7.47. The Morgan fingerprint density at radius 3 is 2.39 bits per heavy atom. The van der Waals surface area contributed by atoms with Crippen molar-refractivity contribution in [3.63, 3.8) is 0 Å². The molecule has 1 atom stereocenters. The van der Waals surface area contributed by atoms with Gasteiger partial charge in [-0.25, -0.2) is 4.39 Å². The Morgan fingerprint density at radius 1 is 1.33 bits per heavy atom. The van der Waals surface area contributed by atoms with Crippen molar-refractivity contribution in [2.24, 2.45) is 4.40 Å². The summed E-state index contributed by atoms with van der Waals surface area (Å²) in [5, 5.41) is 0. The van der Waals surface area contributed by atoms with Crippen LogP contribution in [0.5, 0.6) is 0 Å². The highest BCUT2D eigenvalue weighted by molar-refractivity contribution is 7.91. The maximum atomic E-state index is 13.7. The third-order valence-corrected chi connectivity index (χ3v) is 3.81. The van der Waals surface area contributed by atoms with Gasteiger partial charge in [-0.3, -0.25) is 0 Å². The normalized spacial score (nSPS) is 14.4. The van der Waals surface area contributed by atoms with Gasteiger partial charge in [-0.15, -0.1) is 0 Å². The molecule has 4 heteroatoms. The van der Waals surface area contributed by atoms with Crippen LogP contribution in [0, 0.1) is 5.82 Å². The molecule has 0 spiro atoms. The molecule has 0 aliphatic carbocycles. The van der Waals surface area contributed by atoms with E-state index in [2.05, 4.69) is 4.40 Å². The molecule has 0 N–H and O–H groups in total. The molecule has 18 heavy (non-hydrogen) atoms. The molecule has 100 valence electrons. The maximum absolute atomic E-state index is 13.7. The smallest absolute Gasteiger partial charge is 0.144 e. The molecule has 0 heterocycles. The molecule has 0 bridgehead atoms. The molecule has 0 aliphatic heterocycles. The molecular weight excluding hydrogens is 249 g/mol. The molecular formula is C14H20FNOS. The Kier molecular flexibility index (Phi) is 4.93. The highest BCUT2D eigenvalue weighted by Gasteiger charge is 2.25. The summed E-state index contributed by atoms with van der Waals surface area (Å²) in [6.45, 7) is 9.44. The highest BCUT2D eigenvalue weighted by Crippen LogP contribution is 2.20. The van der Waals surface area contributed by atoms with Crippen LogP contribution in [0.2, 0.25) is 0 Å². The van der Waals surface area contributed by atoms with Gasteiger partial charge in [0.1, 0.15) is 21.9 Å². The van der Waals surface area contributed by atoms with E-state index in [4.69, 9.17) is 0 Å². The largest absolute Gasteiger partial charge is 0.591 e. The Labute approximate surface area is 112 Å². The first-order valence-electron chi connectivity index (χ1n) is 5.97. The summed E-state index contributed by atoms with van der Waals surface area (Å²) in [6.07, 6.45) is 1.47. The fourth-order valence-electron chi connectivity index (χ4n) is 1.36. The summed E-state index contributed by atoms with van der Waals surface area (Å²) < 4.78 is 29.0. The molecule has 0 saturated heterocycles. The lowest BCUT2D eigenvalue weighted by atomic mass is 10.0. The van der Waals surface area contributed by atoms with Crippen molar-refractivity contribution in [2.75, 3.05) is 0 Å². The van der Waals surface area contributed by atoms with E-state index < -0.39 is 16.1 Å². The zero-order valence-corrected chi connectivity index (χ0v) is 12.3. The van der Waals surface area contributed by atoms with Crippen molar-refractivity contribution in [3.05, 3.63) is 35.1 Å². The minimum Gasteiger partial charge on any atom is -0.591 e. The van der Waals surface area contributed by atoms with Crippen LogP contribution in [0.25, 0.3) is 0 Å². The lowest BCUT2D eigenvalue weighted by molar-refractivity contribution is 0.561. The summed E-state index contributed by atoms with van der Waals surface area (Å²) in [5.41, 5.74) is 1.32. The van der Waals surface area contributed by atoms with E-state index in [1.54, 1.807) is 12.1 Å². The fourth-order valence-corrected chi connectivity index (χ4v) is 1.89. The number of benzene rings is 1. The summed E-state index contributed by atoms with van der Waals surface area (Å²) in [4.78, 5) is 0. The van der Waals surface area contributed by atoms with Crippen LogP contribution in [0.4, 0.5) is 4.39 Å². The Bertz CT molecular complexity index is 438. The van der Waals surface area contributed by atoms with Crippen molar-refractivity contribution >= 4 is 17.6 Å². The van der Waals surface area contributed by atoms with Crippen LogP contribution in [0.1, 0.15) is 51.7 Å². The summed E-state index contributed by atoms with van der Waals surface area (Å²) in [6, 6.07) is 4.97. The van der Waals surface area contributed by atoms with E-state index in [9.17, 15) is 8.94 Å². The van der Waals surface area contributed by atoms with Gasteiger partial charge in [-0.05, 0) is 38.3 Å². The average molecular weight is 269 g/mol. The lowest BCUT2D eigenvalue weighted by Gasteiger charge is -2.17. The molecule has 0 radical (unpaired) electrons. The molecule has 0 aliphatic rings. The van der Waals surface area contributed by atoms with Gasteiger partial charge in [0, 0.05) is 5.56 Å². The van der Waals surface area contributed by atoms with Gasteiger partial charge < -0.3 is 4.55 Å². The van der Waals surface area contributed by atoms with Crippen LogP contribution < -0.4 is 0 Å². The fraction of sp³-hybridized carbons (Fsp3) is 0.500. The first-order chi connectivity index (χ1) is 8.21. The van der Waals surface area contributed by atoms with E-state index in [-0.39, 0.29) is 11.7 Å². The van der Waals surface area contributed by atoms with Crippen LogP contribution in [0.3, 0.4) is 0 Å². The quantitative estimate of drug-likeness (QED) is 0.606. The zero-order valence-electron chi connectivity index (χ0n) is 11.5. The van der Waals surface area contributed by atoms with E-state index in [0.717, 1.165) is 0 Å². The second-order valence-electron chi connectivity index (χ2n) is 5.53. The summed E-state index contributed by atoms with van der Waals surface area (Å²) >= 11 is -1.31. The molecule has 1 aromatic rings. The number of nitrogens with zero attached hydrogens (tertiary/aromatic N) is 1. The van der Waals surface area contributed by atoms with Crippen LogP contribution in [-0.2, 0) is 11.4 Å². The van der Waals surface area contributed by atoms with Gasteiger partial charge >= 0.3 is 0 Å². The first kappa shape index (κ1) is 15.2. The van der Waals surface area contributed by atoms with Crippen molar-refractivity contribution in [3.8, 4) is 0 Å². The maximum Gasteiger partial charge on any atom is 0.144 e. The van der Waals surface area contributed by atoms with E-state index in [1.165, 1.54) is 12.3 Å². The average Bonchev–Trinajstić information content (AvgIpc) is 2.24. The van der Waals surface area contributed by atoms with Crippen molar-refractivity contribution in [1.29, 1.82) is 0 Å². The third kappa shape index (κ3) is 4.10. The topological polar surface area (TPSA) is 35.4 Å². The number of halogens is 1. The number of hydrogen-bond acceptors (Lipinski definition) is 2. The standard InChI is InChI=1S/C14H20FNOS/c1-10(2)12-7-6-11(8-13(12)15)9-16-18(17)14(3,4)5/h6-10H,1-5H3/b16-9+/t18-/m1/s1. The number of hydrogen-bond donors (Lipinski definition) is 0. The van der Waals surface area contributed by atoms with Gasteiger partial charge in [0.05, 0.1) is 6.21 Å². The predicted octanol–water partition coefficient (Wildman–Crippen LogP) is 3.83. The van der Waals surface area contributed by atoms with Gasteiger partial charge in [0.2, 0.25) is 0 Å². The predicted molar refractivity (Wildman–Crippen MR) is 76.0 cm³/mol. The van der Waals surface area contributed by atoms with Gasteiger partial charge in [-0.1, -0.05) is 30.4 Å².